The van der Waals surface area contributed by atoms with Crippen molar-refractivity contribution in [3.63, 3.8) is 0 Å². The lowest BCUT2D eigenvalue weighted by Crippen LogP contribution is -2.19. The molecule has 1 aromatic carbocycles. The molecular weight excluding hydrogens is 402 g/mol. The minimum Gasteiger partial charge on any atom is -0.436 e. The number of fused-ring (bicyclic) bond motifs is 2. The van der Waals surface area contributed by atoms with E-state index < -0.39 is 0 Å². The summed E-state index contributed by atoms with van der Waals surface area (Å²) in [6.45, 7) is 0.0563. The van der Waals surface area contributed by atoms with E-state index in [1.165, 1.54) is 4.68 Å². The van der Waals surface area contributed by atoms with Gasteiger partial charge in [-0.3, -0.25) is 14.3 Å². The number of carbonyl (C=O) groups is 2. The topological polar surface area (TPSA) is 98.1 Å². The number of carbonyl (C=O) groups excluding carboxylic acids is 2. The van der Waals surface area contributed by atoms with Gasteiger partial charge in [0, 0.05) is 18.1 Å². The van der Waals surface area contributed by atoms with Crippen molar-refractivity contribution in [2.45, 2.75) is 6.54 Å². The number of hydrogen-bond donors (Lipinski definition) is 2. The summed E-state index contributed by atoms with van der Waals surface area (Å²) in [5.41, 5.74) is 1.28. The molecule has 0 spiro atoms. The van der Waals surface area contributed by atoms with Crippen LogP contribution in [0.1, 0.15) is 10.4 Å². The number of rotatable bonds is 3. The van der Waals surface area contributed by atoms with Gasteiger partial charge < -0.3 is 15.4 Å². The predicted octanol–water partition coefficient (Wildman–Crippen LogP) is 3.04. The number of pyridine rings is 1. The van der Waals surface area contributed by atoms with Gasteiger partial charge in [0.15, 0.2) is 0 Å². The Kier molecular flexibility index (Phi) is 4.13. The average Bonchev–Trinajstić information content (AvgIpc) is 2.95. The standard InChI is InChI=1S/C17H12BrN5O3/c18-10-7-20-23(8-10)9-15(24)21-11-3-4-14-12(6-11)16(25)22-13-2-1-5-19-17(13)26-14/h1-8H,9H2,(H,21,24)(H,22,25). The van der Waals surface area contributed by atoms with E-state index in [0.29, 0.717) is 28.6 Å². The molecule has 0 aliphatic carbocycles. The molecule has 0 bridgehead atoms. The van der Waals surface area contributed by atoms with Gasteiger partial charge in [0.25, 0.3) is 5.91 Å². The number of nitrogens with one attached hydrogen (secondary N) is 2. The summed E-state index contributed by atoms with van der Waals surface area (Å²) in [5.74, 6) is 0.0916. The van der Waals surface area contributed by atoms with Crippen molar-refractivity contribution in [3.8, 4) is 11.6 Å². The van der Waals surface area contributed by atoms with Crippen molar-refractivity contribution in [3.05, 3.63) is 59.0 Å². The molecule has 2 aromatic heterocycles. The van der Waals surface area contributed by atoms with Crippen molar-refractivity contribution >= 4 is 39.1 Å². The summed E-state index contributed by atoms with van der Waals surface area (Å²) >= 11 is 3.28. The van der Waals surface area contributed by atoms with E-state index in [0.717, 1.165) is 4.47 Å². The minimum atomic E-state index is -0.334. The quantitative estimate of drug-likeness (QED) is 0.687. The van der Waals surface area contributed by atoms with Crippen LogP contribution in [-0.2, 0) is 11.3 Å². The lowest BCUT2D eigenvalue weighted by atomic mass is 10.1. The highest BCUT2D eigenvalue weighted by Gasteiger charge is 2.22. The van der Waals surface area contributed by atoms with Gasteiger partial charge in [-0.1, -0.05) is 0 Å². The SMILES string of the molecule is O=C(Cn1cc(Br)cn1)Nc1ccc2c(c1)C(=O)Nc1cccnc1O2. The third-order valence-electron chi connectivity index (χ3n) is 3.64. The fourth-order valence-corrected chi connectivity index (χ4v) is 2.84. The van der Waals surface area contributed by atoms with Crippen molar-refractivity contribution in [2.75, 3.05) is 10.6 Å². The number of amides is 2. The molecule has 3 aromatic rings. The van der Waals surface area contributed by atoms with E-state index >= 15 is 0 Å². The Morgan fingerprint density at radius 1 is 1.35 bits per heavy atom. The molecule has 1 aliphatic heterocycles. The number of aromatic nitrogens is 3. The van der Waals surface area contributed by atoms with Crippen LogP contribution in [0.25, 0.3) is 0 Å². The Morgan fingerprint density at radius 2 is 2.23 bits per heavy atom. The largest absolute Gasteiger partial charge is 0.436 e. The monoisotopic (exact) mass is 413 g/mol. The van der Waals surface area contributed by atoms with Crippen molar-refractivity contribution in [2.24, 2.45) is 0 Å². The van der Waals surface area contributed by atoms with Crippen LogP contribution >= 0.6 is 15.9 Å². The van der Waals surface area contributed by atoms with Gasteiger partial charge in [-0.2, -0.15) is 5.10 Å². The van der Waals surface area contributed by atoms with E-state index in [1.807, 2.05) is 0 Å². The highest BCUT2D eigenvalue weighted by Crippen LogP contribution is 2.34. The molecule has 0 radical (unpaired) electrons. The van der Waals surface area contributed by atoms with Gasteiger partial charge in [-0.05, 0) is 46.3 Å². The first-order valence-electron chi connectivity index (χ1n) is 7.64. The lowest BCUT2D eigenvalue weighted by Gasteiger charge is -2.09. The molecule has 0 fully saturated rings. The van der Waals surface area contributed by atoms with Gasteiger partial charge in [-0.15, -0.1) is 0 Å². The molecule has 8 nitrogen and oxygen atoms in total. The number of halogens is 1. The lowest BCUT2D eigenvalue weighted by molar-refractivity contribution is -0.116. The smallest absolute Gasteiger partial charge is 0.259 e. The number of anilines is 2. The number of nitrogens with zero attached hydrogens (tertiary/aromatic N) is 3. The van der Waals surface area contributed by atoms with E-state index in [9.17, 15) is 9.59 Å². The summed E-state index contributed by atoms with van der Waals surface area (Å²) in [4.78, 5) is 28.7. The average molecular weight is 414 g/mol. The second-order valence-corrected chi connectivity index (χ2v) is 6.44. The van der Waals surface area contributed by atoms with Crippen LogP contribution in [0.2, 0.25) is 0 Å². The van der Waals surface area contributed by atoms with E-state index in [2.05, 4.69) is 36.6 Å². The van der Waals surface area contributed by atoms with Crippen LogP contribution < -0.4 is 15.4 Å². The third kappa shape index (κ3) is 3.29. The highest BCUT2D eigenvalue weighted by molar-refractivity contribution is 9.10. The molecule has 3 heterocycles. The van der Waals surface area contributed by atoms with Gasteiger partial charge >= 0.3 is 0 Å². The zero-order valence-corrected chi connectivity index (χ0v) is 14.9. The first-order chi connectivity index (χ1) is 12.6. The molecule has 26 heavy (non-hydrogen) atoms. The molecular formula is C17H12BrN5O3. The molecule has 9 heteroatoms. The fourth-order valence-electron chi connectivity index (χ4n) is 2.51. The molecule has 130 valence electrons. The molecule has 0 saturated carbocycles. The molecule has 0 saturated heterocycles. The third-order valence-corrected chi connectivity index (χ3v) is 4.05. The van der Waals surface area contributed by atoms with Crippen LogP contribution in [0.3, 0.4) is 0 Å². The maximum Gasteiger partial charge on any atom is 0.259 e. The molecule has 1 aliphatic rings. The van der Waals surface area contributed by atoms with Gasteiger partial charge in [-0.25, -0.2) is 4.98 Å². The summed E-state index contributed by atoms with van der Waals surface area (Å²) in [6, 6.07) is 8.26. The fraction of sp³-hybridized carbons (Fsp3) is 0.0588. The van der Waals surface area contributed by atoms with E-state index in [-0.39, 0.29) is 18.4 Å². The molecule has 4 rings (SSSR count). The first-order valence-corrected chi connectivity index (χ1v) is 8.44. The summed E-state index contributed by atoms with van der Waals surface area (Å²) < 4.78 is 7.99. The van der Waals surface area contributed by atoms with Crippen LogP contribution in [0.4, 0.5) is 11.4 Å². The minimum absolute atomic E-state index is 0.0563. The Bertz CT molecular complexity index is 1020. The molecule has 2 amide bonds. The van der Waals surface area contributed by atoms with Gasteiger partial charge in [0.2, 0.25) is 11.8 Å². The Morgan fingerprint density at radius 3 is 3.04 bits per heavy atom. The van der Waals surface area contributed by atoms with E-state index in [4.69, 9.17) is 4.74 Å². The highest BCUT2D eigenvalue weighted by atomic mass is 79.9. The Balaban J connectivity index is 1.55. The Labute approximate surface area is 156 Å². The summed E-state index contributed by atoms with van der Waals surface area (Å²) in [7, 11) is 0. The van der Waals surface area contributed by atoms with Crippen molar-refractivity contribution in [1.29, 1.82) is 0 Å². The van der Waals surface area contributed by atoms with Gasteiger partial charge in [0.1, 0.15) is 18.0 Å². The maximum absolute atomic E-state index is 12.4. The summed E-state index contributed by atoms with van der Waals surface area (Å²) in [6.07, 6.45) is 4.88. The first kappa shape index (κ1) is 16.3. The normalized spacial score (nSPS) is 12.3. The molecule has 0 unspecified atom stereocenters. The summed E-state index contributed by atoms with van der Waals surface area (Å²) in [5, 5.41) is 9.52. The molecule has 2 N–H and O–H groups in total. The van der Waals surface area contributed by atoms with Crippen LogP contribution in [0, 0.1) is 0 Å². The second kappa shape index (κ2) is 6.60. The van der Waals surface area contributed by atoms with Gasteiger partial charge in [0.05, 0.1) is 16.2 Å². The number of ether oxygens (including phenoxy) is 1. The van der Waals surface area contributed by atoms with E-state index in [1.54, 1.807) is 48.9 Å². The zero-order chi connectivity index (χ0) is 18.1. The number of hydrogen-bond acceptors (Lipinski definition) is 5. The van der Waals surface area contributed by atoms with Crippen LogP contribution in [0.15, 0.2) is 53.4 Å². The van der Waals surface area contributed by atoms with Crippen LogP contribution in [-0.4, -0.2) is 26.6 Å². The second-order valence-electron chi connectivity index (χ2n) is 5.53. The zero-order valence-electron chi connectivity index (χ0n) is 13.3. The van der Waals surface area contributed by atoms with Crippen molar-refractivity contribution in [1.82, 2.24) is 14.8 Å². The predicted molar refractivity (Wildman–Crippen MR) is 97.3 cm³/mol. The number of benzene rings is 1. The maximum atomic E-state index is 12.4. The molecule has 0 atom stereocenters. The Hall–Kier alpha value is -3.20. The van der Waals surface area contributed by atoms with Crippen molar-refractivity contribution < 1.29 is 14.3 Å². The van der Waals surface area contributed by atoms with Crippen LogP contribution in [0.5, 0.6) is 11.6 Å².